The van der Waals surface area contributed by atoms with Crippen LogP contribution in [-0.2, 0) is 13.1 Å². The van der Waals surface area contributed by atoms with Crippen LogP contribution in [0.25, 0.3) is 0 Å². The van der Waals surface area contributed by atoms with Gasteiger partial charge in [0, 0.05) is 24.6 Å². The molecule has 2 aromatic rings. The Balaban J connectivity index is 1.95. The summed E-state index contributed by atoms with van der Waals surface area (Å²) in [5.41, 5.74) is 1.27. The minimum Gasteiger partial charge on any atom is -0.343 e. The van der Waals surface area contributed by atoms with E-state index in [0.717, 1.165) is 18.1 Å². The van der Waals surface area contributed by atoms with Gasteiger partial charge in [0.05, 0.1) is 6.54 Å². The number of H-pyrrole nitrogens is 1. The van der Waals surface area contributed by atoms with Crippen molar-refractivity contribution >= 4 is 5.91 Å². The SMILES string of the molecule is Cc1cc(C(=O)NCc2nccn2CC(C)C)n[nH]1. The molecule has 0 atom stereocenters. The number of imidazole rings is 1. The lowest BCUT2D eigenvalue weighted by atomic mass is 10.2. The van der Waals surface area contributed by atoms with E-state index in [1.807, 2.05) is 13.1 Å². The fraction of sp³-hybridized carbons (Fsp3) is 0.462. The second-order valence-corrected chi connectivity index (χ2v) is 5.01. The van der Waals surface area contributed by atoms with Crippen LogP contribution in [-0.4, -0.2) is 25.7 Å². The highest BCUT2D eigenvalue weighted by Crippen LogP contribution is 2.04. The molecule has 0 aromatic carbocycles. The highest BCUT2D eigenvalue weighted by atomic mass is 16.1. The molecule has 0 saturated carbocycles. The molecule has 0 saturated heterocycles. The first-order valence-electron chi connectivity index (χ1n) is 6.36. The van der Waals surface area contributed by atoms with Gasteiger partial charge in [-0.2, -0.15) is 5.10 Å². The fourth-order valence-corrected chi connectivity index (χ4v) is 1.85. The number of hydrogen-bond acceptors (Lipinski definition) is 3. The van der Waals surface area contributed by atoms with Crippen molar-refractivity contribution in [1.29, 1.82) is 0 Å². The van der Waals surface area contributed by atoms with Gasteiger partial charge in [0.15, 0.2) is 0 Å². The quantitative estimate of drug-likeness (QED) is 0.856. The van der Waals surface area contributed by atoms with Gasteiger partial charge >= 0.3 is 0 Å². The second-order valence-electron chi connectivity index (χ2n) is 5.01. The molecule has 0 fully saturated rings. The van der Waals surface area contributed by atoms with E-state index in [2.05, 4.69) is 38.9 Å². The molecular formula is C13H19N5O. The largest absolute Gasteiger partial charge is 0.343 e. The second kappa shape index (κ2) is 5.69. The molecular weight excluding hydrogens is 242 g/mol. The predicted octanol–water partition coefficient (Wildman–Crippen LogP) is 1.50. The monoisotopic (exact) mass is 261 g/mol. The zero-order valence-corrected chi connectivity index (χ0v) is 11.5. The lowest BCUT2D eigenvalue weighted by Crippen LogP contribution is -2.25. The number of aryl methyl sites for hydroxylation is 1. The molecule has 0 aliphatic heterocycles. The van der Waals surface area contributed by atoms with Crippen molar-refractivity contribution in [2.24, 2.45) is 5.92 Å². The molecule has 0 bridgehead atoms. The highest BCUT2D eigenvalue weighted by Gasteiger charge is 2.10. The number of carbonyl (C=O) groups excluding carboxylic acids is 1. The molecule has 2 heterocycles. The van der Waals surface area contributed by atoms with Crippen LogP contribution in [0.1, 0.15) is 35.9 Å². The van der Waals surface area contributed by atoms with E-state index in [-0.39, 0.29) is 5.91 Å². The van der Waals surface area contributed by atoms with Gasteiger partial charge in [-0.25, -0.2) is 4.98 Å². The summed E-state index contributed by atoms with van der Waals surface area (Å²) in [5.74, 6) is 1.20. The van der Waals surface area contributed by atoms with Crippen molar-refractivity contribution in [3.63, 3.8) is 0 Å². The van der Waals surface area contributed by atoms with Crippen LogP contribution in [0.5, 0.6) is 0 Å². The Kier molecular flexibility index (Phi) is 3.99. The molecule has 2 rings (SSSR count). The molecule has 0 unspecified atom stereocenters. The molecule has 6 nitrogen and oxygen atoms in total. The first-order valence-corrected chi connectivity index (χ1v) is 6.36. The summed E-state index contributed by atoms with van der Waals surface area (Å²) in [6.07, 6.45) is 3.68. The summed E-state index contributed by atoms with van der Waals surface area (Å²) in [6.45, 7) is 7.46. The minimum absolute atomic E-state index is 0.191. The van der Waals surface area contributed by atoms with Gasteiger partial charge in [-0.3, -0.25) is 9.89 Å². The van der Waals surface area contributed by atoms with Crippen LogP contribution in [0.2, 0.25) is 0 Å². The van der Waals surface area contributed by atoms with Crippen LogP contribution in [0.15, 0.2) is 18.5 Å². The summed E-state index contributed by atoms with van der Waals surface area (Å²) < 4.78 is 2.06. The van der Waals surface area contributed by atoms with Crippen molar-refractivity contribution in [3.8, 4) is 0 Å². The molecule has 0 spiro atoms. The molecule has 6 heteroatoms. The number of aromatic nitrogens is 4. The minimum atomic E-state index is -0.191. The van der Waals surface area contributed by atoms with Crippen molar-refractivity contribution in [2.75, 3.05) is 0 Å². The van der Waals surface area contributed by atoms with E-state index in [1.165, 1.54) is 0 Å². The Hall–Kier alpha value is -2.11. The van der Waals surface area contributed by atoms with Crippen LogP contribution in [0.3, 0.4) is 0 Å². The van der Waals surface area contributed by atoms with Crippen molar-refractivity contribution < 1.29 is 4.79 Å². The summed E-state index contributed by atoms with van der Waals surface area (Å²) >= 11 is 0. The summed E-state index contributed by atoms with van der Waals surface area (Å²) in [4.78, 5) is 16.1. The number of rotatable bonds is 5. The summed E-state index contributed by atoms with van der Waals surface area (Å²) in [6, 6.07) is 1.72. The average molecular weight is 261 g/mol. The third-order valence-corrected chi connectivity index (χ3v) is 2.71. The molecule has 102 valence electrons. The maximum absolute atomic E-state index is 11.9. The zero-order valence-electron chi connectivity index (χ0n) is 11.5. The maximum atomic E-state index is 11.9. The Bertz CT molecular complexity index is 555. The van der Waals surface area contributed by atoms with Gasteiger partial charge < -0.3 is 9.88 Å². The van der Waals surface area contributed by atoms with Gasteiger partial charge in [0.25, 0.3) is 5.91 Å². The van der Waals surface area contributed by atoms with E-state index in [0.29, 0.717) is 18.2 Å². The third-order valence-electron chi connectivity index (χ3n) is 2.71. The highest BCUT2D eigenvalue weighted by molar-refractivity contribution is 5.92. The Morgan fingerprint density at radius 1 is 1.53 bits per heavy atom. The van der Waals surface area contributed by atoms with Gasteiger partial charge in [-0.1, -0.05) is 13.8 Å². The molecule has 2 N–H and O–H groups in total. The Labute approximate surface area is 112 Å². The standard InChI is InChI=1S/C13H19N5O/c1-9(2)8-18-5-4-14-12(18)7-15-13(19)11-6-10(3)16-17-11/h4-6,9H,7-8H2,1-3H3,(H,15,19)(H,16,17). The molecule has 0 aliphatic carbocycles. The van der Waals surface area contributed by atoms with Crippen molar-refractivity contribution in [3.05, 3.63) is 35.7 Å². The normalized spacial score (nSPS) is 10.9. The van der Waals surface area contributed by atoms with E-state index in [9.17, 15) is 4.79 Å². The first-order chi connectivity index (χ1) is 9.06. The number of hydrogen-bond donors (Lipinski definition) is 2. The molecule has 19 heavy (non-hydrogen) atoms. The Morgan fingerprint density at radius 3 is 2.95 bits per heavy atom. The number of aromatic amines is 1. The summed E-state index contributed by atoms with van der Waals surface area (Å²) in [5, 5.41) is 9.49. The Morgan fingerprint density at radius 2 is 2.32 bits per heavy atom. The smallest absolute Gasteiger partial charge is 0.272 e. The average Bonchev–Trinajstić information content (AvgIpc) is 2.95. The van der Waals surface area contributed by atoms with E-state index >= 15 is 0 Å². The summed E-state index contributed by atoms with van der Waals surface area (Å²) in [7, 11) is 0. The lowest BCUT2D eigenvalue weighted by molar-refractivity contribution is 0.0944. The molecule has 1 amide bonds. The first kappa shape index (κ1) is 13.3. The lowest BCUT2D eigenvalue weighted by Gasteiger charge is -2.10. The van der Waals surface area contributed by atoms with E-state index < -0.39 is 0 Å². The van der Waals surface area contributed by atoms with Gasteiger partial charge in [0.1, 0.15) is 11.5 Å². The van der Waals surface area contributed by atoms with Crippen molar-refractivity contribution in [1.82, 2.24) is 25.1 Å². The number of carbonyl (C=O) groups is 1. The third kappa shape index (κ3) is 3.43. The number of amides is 1. The maximum Gasteiger partial charge on any atom is 0.272 e. The topological polar surface area (TPSA) is 75.6 Å². The molecule has 2 aromatic heterocycles. The van der Waals surface area contributed by atoms with Gasteiger partial charge in [-0.05, 0) is 18.9 Å². The van der Waals surface area contributed by atoms with Gasteiger partial charge in [0.2, 0.25) is 0 Å². The predicted molar refractivity (Wildman–Crippen MR) is 71.6 cm³/mol. The van der Waals surface area contributed by atoms with E-state index in [1.54, 1.807) is 12.3 Å². The molecule has 0 aliphatic rings. The number of nitrogens with zero attached hydrogens (tertiary/aromatic N) is 3. The molecule has 0 radical (unpaired) electrons. The fourth-order valence-electron chi connectivity index (χ4n) is 1.85. The zero-order chi connectivity index (χ0) is 13.8. The van der Waals surface area contributed by atoms with Crippen LogP contribution in [0, 0.1) is 12.8 Å². The number of nitrogens with one attached hydrogen (secondary N) is 2. The van der Waals surface area contributed by atoms with Gasteiger partial charge in [-0.15, -0.1) is 0 Å². The van der Waals surface area contributed by atoms with Crippen LogP contribution < -0.4 is 5.32 Å². The van der Waals surface area contributed by atoms with E-state index in [4.69, 9.17) is 0 Å². The van der Waals surface area contributed by atoms with Crippen LogP contribution in [0.4, 0.5) is 0 Å². The van der Waals surface area contributed by atoms with Crippen LogP contribution >= 0.6 is 0 Å². The van der Waals surface area contributed by atoms with Crippen molar-refractivity contribution in [2.45, 2.75) is 33.9 Å².